The number of amides is 1. The summed E-state index contributed by atoms with van der Waals surface area (Å²) < 4.78 is 6.16. The Kier molecular flexibility index (Phi) is 4.59. The fourth-order valence-corrected chi connectivity index (χ4v) is 12.1. The van der Waals surface area contributed by atoms with Gasteiger partial charge in [-0.1, -0.05) is 91.0 Å². The molecule has 5 nitrogen and oxygen atoms in total. The normalized spacial score (nSPS) is 31.2. The summed E-state index contributed by atoms with van der Waals surface area (Å²) in [5.74, 6) is -0.876. The molecule has 6 heteroatoms. The SMILES string of the molecule is O=C1[C@H](O)[C@@H]2C(O)O[C@H]3[C@@H]2N1C[C@H]3[Si](c1ccccc1)(c1ccccc1)c1ccccc1. The minimum absolute atomic E-state index is 0.00389. The number of aliphatic hydroxyl groups excluding tert-OH is 2. The number of hydrogen-bond donors (Lipinski definition) is 2. The topological polar surface area (TPSA) is 70.0 Å². The zero-order chi connectivity index (χ0) is 21.9. The lowest BCUT2D eigenvalue weighted by Gasteiger charge is -2.40. The van der Waals surface area contributed by atoms with E-state index < -0.39 is 26.4 Å². The first kappa shape index (κ1) is 19.9. The van der Waals surface area contributed by atoms with Crippen LogP contribution in [-0.4, -0.2) is 60.2 Å². The lowest BCUT2D eigenvalue weighted by molar-refractivity contribution is -0.146. The highest BCUT2D eigenvalue weighted by Crippen LogP contribution is 2.50. The van der Waals surface area contributed by atoms with Gasteiger partial charge in [-0.2, -0.15) is 0 Å². The third-order valence-corrected chi connectivity index (χ3v) is 13.0. The van der Waals surface area contributed by atoms with Gasteiger partial charge in [-0.15, -0.1) is 0 Å². The van der Waals surface area contributed by atoms with Gasteiger partial charge in [0.1, 0.15) is 6.10 Å². The van der Waals surface area contributed by atoms with Crippen LogP contribution in [0.3, 0.4) is 0 Å². The van der Waals surface area contributed by atoms with Crippen molar-refractivity contribution in [2.75, 3.05) is 6.54 Å². The number of hydrogen-bond acceptors (Lipinski definition) is 4. The number of carbonyl (C=O) groups excluding carboxylic acids is 1. The van der Waals surface area contributed by atoms with E-state index in [1.165, 1.54) is 15.6 Å². The second-order valence-corrected chi connectivity index (χ2v) is 13.1. The maximum atomic E-state index is 12.9. The summed E-state index contributed by atoms with van der Waals surface area (Å²) in [5, 5.41) is 24.9. The molecule has 3 aromatic carbocycles. The monoisotopic (exact) mass is 443 g/mol. The van der Waals surface area contributed by atoms with Crippen molar-refractivity contribution in [3.8, 4) is 0 Å². The zero-order valence-electron chi connectivity index (χ0n) is 17.5. The minimum Gasteiger partial charge on any atom is -0.383 e. The first-order chi connectivity index (χ1) is 15.6. The van der Waals surface area contributed by atoms with E-state index in [2.05, 4.69) is 72.8 Å². The first-order valence-corrected chi connectivity index (χ1v) is 13.2. The standard InChI is InChI=1S/C26H25NO4Si/c28-23-21-22-24(31-26(21)30)20(16-27(22)25(23)29)32(17-10-4-1-5-11-17,18-12-6-2-7-13-18)19-14-8-3-9-15-19/h1-15,20-24,26,28,30H,16H2/t20-,21-,22-,23-,24-,26?/m1/s1. The quantitative estimate of drug-likeness (QED) is 0.454. The van der Waals surface area contributed by atoms with Gasteiger partial charge in [-0.25, -0.2) is 0 Å². The van der Waals surface area contributed by atoms with Crippen molar-refractivity contribution in [1.82, 2.24) is 4.90 Å². The van der Waals surface area contributed by atoms with Gasteiger partial charge in [0, 0.05) is 12.1 Å². The van der Waals surface area contributed by atoms with E-state index in [1.807, 2.05) is 18.2 Å². The molecule has 0 saturated carbocycles. The maximum Gasteiger partial charge on any atom is 0.252 e. The number of rotatable bonds is 4. The van der Waals surface area contributed by atoms with E-state index in [0.29, 0.717) is 6.54 Å². The van der Waals surface area contributed by atoms with Crippen LogP contribution in [0.2, 0.25) is 5.54 Å². The van der Waals surface area contributed by atoms with Gasteiger partial charge in [0.05, 0.1) is 18.1 Å². The molecule has 1 amide bonds. The molecular weight excluding hydrogens is 418 g/mol. The Morgan fingerprint density at radius 1 is 0.781 bits per heavy atom. The average Bonchev–Trinajstić information content (AvgIpc) is 3.45. The molecule has 3 saturated heterocycles. The molecule has 3 heterocycles. The Labute approximate surface area is 187 Å². The summed E-state index contributed by atoms with van der Waals surface area (Å²) in [5.41, 5.74) is -0.00389. The van der Waals surface area contributed by atoms with Crippen molar-refractivity contribution in [1.29, 1.82) is 0 Å². The molecule has 0 aromatic heterocycles. The highest BCUT2D eigenvalue weighted by Gasteiger charge is 2.68. The van der Waals surface area contributed by atoms with Gasteiger partial charge in [0.25, 0.3) is 5.91 Å². The van der Waals surface area contributed by atoms with Gasteiger partial charge in [0.2, 0.25) is 0 Å². The molecule has 3 fully saturated rings. The fourth-order valence-electron chi connectivity index (χ4n) is 6.42. The molecule has 6 atom stereocenters. The van der Waals surface area contributed by atoms with Crippen LogP contribution in [0.25, 0.3) is 0 Å². The van der Waals surface area contributed by atoms with E-state index in [9.17, 15) is 15.0 Å². The lowest BCUT2D eigenvalue weighted by Crippen LogP contribution is -2.71. The summed E-state index contributed by atoms with van der Waals surface area (Å²) in [4.78, 5) is 14.7. The molecule has 0 aliphatic carbocycles. The van der Waals surface area contributed by atoms with Gasteiger partial charge >= 0.3 is 0 Å². The minimum atomic E-state index is -2.71. The predicted molar refractivity (Wildman–Crippen MR) is 124 cm³/mol. The Hall–Kier alpha value is -2.77. The van der Waals surface area contributed by atoms with E-state index in [4.69, 9.17) is 4.74 Å². The molecule has 2 N–H and O–H groups in total. The highest BCUT2D eigenvalue weighted by molar-refractivity contribution is 7.12. The number of carbonyl (C=O) groups is 1. The number of nitrogens with zero attached hydrogens (tertiary/aromatic N) is 1. The average molecular weight is 444 g/mol. The van der Waals surface area contributed by atoms with Crippen LogP contribution in [0.15, 0.2) is 91.0 Å². The summed E-state index contributed by atoms with van der Waals surface area (Å²) in [6, 6.07) is 31.3. The Bertz CT molecular complexity index is 1030. The third kappa shape index (κ3) is 2.58. The van der Waals surface area contributed by atoms with Crippen molar-refractivity contribution in [3.63, 3.8) is 0 Å². The fraction of sp³-hybridized carbons (Fsp3) is 0.269. The molecule has 0 bridgehead atoms. The van der Waals surface area contributed by atoms with Crippen molar-refractivity contribution in [2.45, 2.75) is 30.1 Å². The van der Waals surface area contributed by atoms with Gasteiger partial charge in [-0.3, -0.25) is 4.79 Å². The van der Waals surface area contributed by atoms with E-state index in [1.54, 1.807) is 4.90 Å². The Morgan fingerprint density at radius 2 is 1.25 bits per heavy atom. The van der Waals surface area contributed by atoms with Crippen molar-refractivity contribution in [3.05, 3.63) is 91.0 Å². The molecule has 162 valence electrons. The highest BCUT2D eigenvalue weighted by atomic mass is 28.3. The van der Waals surface area contributed by atoms with Crippen molar-refractivity contribution < 1.29 is 19.7 Å². The summed E-state index contributed by atoms with van der Waals surface area (Å²) >= 11 is 0. The lowest BCUT2D eigenvalue weighted by atomic mass is 9.97. The van der Waals surface area contributed by atoms with Crippen LogP contribution < -0.4 is 15.6 Å². The Balaban J connectivity index is 1.62. The van der Waals surface area contributed by atoms with Crippen molar-refractivity contribution in [2.24, 2.45) is 5.92 Å². The Morgan fingerprint density at radius 3 is 1.72 bits per heavy atom. The first-order valence-electron chi connectivity index (χ1n) is 11.1. The van der Waals surface area contributed by atoms with E-state index in [-0.39, 0.29) is 23.6 Å². The number of ether oxygens (including phenoxy) is 1. The van der Waals surface area contributed by atoms with Gasteiger partial charge in [-0.05, 0) is 15.6 Å². The van der Waals surface area contributed by atoms with Crippen LogP contribution >= 0.6 is 0 Å². The molecular formula is C26H25NO4Si. The van der Waals surface area contributed by atoms with Crippen LogP contribution in [0, 0.1) is 5.92 Å². The molecule has 3 aliphatic rings. The molecule has 1 unspecified atom stereocenters. The van der Waals surface area contributed by atoms with Crippen LogP contribution in [0.5, 0.6) is 0 Å². The predicted octanol–water partition coefficient (Wildman–Crippen LogP) is 0.446. The maximum absolute atomic E-state index is 12.9. The smallest absolute Gasteiger partial charge is 0.252 e. The van der Waals surface area contributed by atoms with Crippen LogP contribution in [0.1, 0.15) is 0 Å². The van der Waals surface area contributed by atoms with E-state index >= 15 is 0 Å². The molecule has 32 heavy (non-hydrogen) atoms. The number of benzene rings is 3. The molecule has 3 aliphatic heterocycles. The molecule has 6 rings (SSSR count). The largest absolute Gasteiger partial charge is 0.383 e. The molecule has 3 aromatic rings. The molecule has 0 radical (unpaired) electrons. The second-order valence-electron chi connectivity index (χ2n) is 9.01. The third-order valence-electron chi connectivity index (χ3n) is 7.65. The van der Waals surface area contributed by atoms with Gasteiger partial charge < -0.3 is 19.8 Å². The summed E-state index contributed by atoms with van der Waals surface area (Å²) in [6.07, 6.45) is -2.66. The summed E-state index contributed by atoms with van der Waals surface area (Å²) in [7, 11) is -2.71. The second kappa shape index (κ2) is 7.39. The van der Waals surface area contributed by atoms with E-state index in [0.717, 1.165) is 0 Å². The number of aliphatic hydroxyl groups is 2. The summed E-state index contributed by atoms with van der Waals surface area (Å²) in [6.45, 7) is 0.513. The zero-order valence-corrected chi connectivity index (χ0v) is 18.5. The van der Waals surface area contributed by atoms with Crippen molar-refractivity contribution >= 4 is 29.5 Å². The van der Waals surface area contributed by atoms with Gasteiger partial charge in [0.15, 0.2) is 14.4 Å². The van der Waals surface area contributed by atoms with Crippen LogP contribution in [0.4, 0.5) is 0 Å². The van der Waals surface area contributed by atoms with Crippen LogP contribution in [-0.2, 0) is 9.53 Å². The molecule has 0 spiro atoms.